The van der Waals surface area contributed by atoms with Crippen LogP contribution in [0.25, 0.3) is 0 Å². The first kappa shape index (κ1) is 21.2. The van der Waals surface area contributed by atoms with Gasteiger partial charge in [0.15, 0.2) is 0 Å². The van der Waals surface area contributed by atoms with Crippen molar-refractivity contribution in [2.45, 2.75) is 43.2 Å². The SMILES string of the molecule is CC(C)(C)c1ccccc1S(=O)(=O)NC(c1ccccc1)C(N)c1ccccc1. The van der Waals surface area contributed by atoms with Gasteiger partial charge in [0.05, 0.1) is 17.0 Å². The molecule has 2 unspecified atom stereocenters. The normalized spacial score (nSPS) is 14.3. The van der Waals surface area contributed by atoms with E-state index in [0.717, 1.165) is 16.7 Å². The molecule has 0 saturated carbocycles. The molecule has 5 heteroatoms. The molecule has 0 heterocycles. The zero-order valence-corrected chi connectivity index (χ0v) is 17.9. The summed E-state index contributed by atoms with van der Waals surface area (Å²) in [4.78, 5) is 0.286. The standard InChI is InChI=1S/C24H28N2O2S/c1-24(2,3)20-16-10-11-17-21(20)29(27,28)26-23(19-14-8-5-9-15-19)22(25)18-12-6-4-7-13-18/h4-17,22-23,26H,25H2,1-3H3. The van der Waals surface area contributed by atoms with Gasteiger partial charge in [-0.05, 0) is 28.2 Å². The largest absolute Gasteiger partial charge is 0.322 e. The van der Waals surface area contributed by atoms with E-state index in [1.165, 1.54) is 0 Å². The average Bonchev–Trinajstić information content (AvgIpc) is 2.72. The Kier molecular flexibility index (Phi) is 6.22. The van der Waals surface area contributed by atoms with Gasteiger partial charge in [0.2, 0.25) is 10.0 Å². The first-order chi connectivity index (χ1) is 13.7. The number of hydrogen-bond donors (Lipinski definition) is 2. The fourth-order valence-corrected chi connectivity index (χ4v) is 5.09. The van der Waals surface area contributed by atoms with Crippen molar-refractivity contribution >= 4 is 10.0 Å². The first-order valence-electron chi connectivity index (χ1n) is 9.67. The maximum Gasteiger partial charge on any atom is 0.241 e. The van der Waals surface area contributed by atoms with Gasteiger partial charge in [0.25, 0.3) is 0 Å². The van der Waals surface area contributed by atoms with Crippen molar-refractivity contribution in [3.05, 3.63) is 102 Å². The molecule has 3 N–H and O–H groups in total. The number of hydrogen-bond acceptors (Lipinski definition) is 3. The molecule has 152 valence electrons. The van der Waals surface area contributed by atoms with E-state index < -0.39 is 22.1 Å². The highest BCUT2D eigenvalue weighted by molar-refractivity contribution is 7.89. The van der Waals surface area contributed by atoms with Gasteiger partial charge in [0.1, 0.15) is 0 Å². The topological polar surface area (TPSA) is 72.2 Å². The lowest BCUT2D eigenvalue weighted by atomic mass is 9.87. The molecule has 0 aliphatic heterocycles. The van der Waals surface area contributed by atoms with Gasteiger partial charge in [-0.2, -0.15) is 0 Å². The lowest BCUT2D eigenvalue weighted by Gasteiger charge is -2.28. The molecule has 2 atom stereocenters. The molecule has 3 aromatic rings. The minimum absolute atomic E-state index is 0.286. The summed E-state index contributed by atoms with van der Waals surface area (Å²) < 4.78 is 29.8. The number of sulfonamides is 1. The first-order valence-corrected chi connectivity index (χ1v) is 11.2. The summed E-state index contributed by atoms with van der Waals surface area (Å²) in [6.07, 6.45) is 0. The molecule has 0 aromatic heterocycles. The van der Waals surface area contributed by atoms with E-state index in [-0.39, 0.29) is 10.3 Å². The van der Waals surface area contributed by atoms with E-state index in [4.69, 9.17) is 5.73 Å². The van der Waals surface area contributed by atoms with Crippen LogP contribution in [-0.2, 0) is 15.4 Å². The number of benzene rings is 3. The molecule has 3 aromatic carbocycles. The molecule has 0 bridgehead atoms. The molecule has 29 heavy (non-hydrogen) atoms. The van der Waals surface area contributed by atoms with Crippen LogP contribution in [0.15, 0.2) is 89.8 Å². The van der Waals surface area contributed by atoms with E-state index in [2.05, 4.69) is 4.72 Å². The highest BCUT2D eigenvalue weighted by Crippen LogP contribution is 2.32. The van der Waals surface area contributed by atoms with Crippen molar-refractivity contribution in [2.24, 2.45) is 5.73 Å². The Morgan fingerprint density at radius 3 is 1.79 bits per heavy atom. The van der Waals surface area contributed by atoms with Gasteiger partial charge in [-0.25, -0.2) is 13.1 Å². The molecule has 0 amide bonds. The van der Waals surface area contributed by atoms with Crippen molar-refractivity contribution in [1.82, 2.24) is 4.72 Å². The van der Waals surface area contributed by atoms with Gasteiger partial charge >= 0.3 is 0 Å². The summed E-state index contributed by atoms with van der Waals surface area (Å²) in [6, 6.07) is 25.0. The van der Waals surface area contributed by atoms with E-state index in [9.17, 15) is 8.42 Å². The maximum atomic E-state index is 13.5. The second-order valence-corrected chi connectivity index (χ2v) is 9.87. The Morgan fingerprint density at radius 2 is 1.24 bits per heavy atom. The minimum atomic E-state index is -3.80. The molecule has 4 nitrogen and oxygen atoms in total. The molecular formula is C24H28N2O2S. The van der Waals surface area contributed by atoms with Gasteiger partial charge in [-0.3, -0.25) is 0 Å². The van der Waals surface area contributed by atoms with Crippen LogP contribution in [0.1, 0.15) is 49.5 Å². The number of nitrogens with one attached hydrogen (secondary N) is 1. The van der Waals surface area contributed by atoms with E-state index in [0.29, 0.717) is 0 Å². The Morgan fingerprint density at radius 1 is 0.759 bits per heavy atom. The fourth-order valence-electron chi connectivity index (χ4n) is 3.43. The summed E-state index contributed by atoms with van der Waals surface area (Å²) in [5.74, 6) is 0. The number of nitrogens with two attached hydrogens (primary N) is 1. The third kappa shape index (κ3) is 4.93. The molecular weight excluding hydrogens is 380 g/mol. The Bertz CT molecular complexity index is 1040. The maximum absolute atomic E-state index is 13.5. The second-order valence-electron chi connectivity index (χ2n) is 8.19. The van der Waals surface area contributed by atoms with Gasteiger partial charge in [-0.15, -0.1) is 0 Å². The lowest BCUT2D eigenvalue weighted by molar-refractivity contribution is 0.500. The van der Waals surface area contributed by atoms with Crippen molar-refractivity contribution in [2.75, 3.05) is 0 Å². The Hall–Kier alpha value is -2.47. The average molecular weight is 409 g/mol. The van der Waals surface area contributed by atoms with Crippen LogP contribution in [0.3, 0.4) is 0 Å². The molecule has 0 saturated heterocycles. The van der Waals surface area contributed by atoms with Crippen LogP contribution >= 0.6 is 0 Å². The molecule has 0 radical (unpaired) electrons. The van der Waals surface area contributed by atoms with Crippen molar-refractivity contribution in [3.8, 4) is 0 Å². The van der Waals surface area contributed by atoms with Crippen molar-refractivity contribution in [3.63, 3.8) is 0 Å². The molecule has 0 spiro atoms. The predicted octanol–water partition coefficient (Wildman–Crippen LogP) is 4.70. The smallest absolute Gasteiger partial charge is 0.241 e. The third-order valence-electron chi connectivity index (χ3n) is 4.97. The Balaban J connectivity index is 2.05. The van der Waals surface area contributed by atoms with Crippen molar-refractivity contribution in [1.29, 1.82) is 0 Å². The summed E-state index contributed by atoms with van der Waals surface area (Å²) in [7, 11) is -3.80. The Labute approximate surface area is 173 Å². The second kappa shape index (κ2) is 8.49. The minimum Gasteiger partial charge on any atom is -0.322 e. The van der Waals surface area contributed by atoms with Gasteiger partial charge in [-0.1, -0.05) is 99.6 Å². The van der Waals surface area contributed by atoms with Crippen LogP contribution in [0.4, 0.5) is 0 Å². The number of rotatable bonds is 6. The van der Waals surface area contributed by atoms with Crippen LogP contribution in [0.2, 0.25) is 0 Å². The van der Waals surface area contributed by atoms with Gasteiger partial charge < -0.3 is 5.73 Å². The van der Waals surface area contributed by atoms with Crippen LogP contribution < -0.4 is 10.5 Å². The summed E-state index contributed by atoms with van der Waals surface area (Å²) in [6.45, 7) is 6.02. The quantitative estimate of drug-likeness (QED) is 0.621. The highest BCUT2D eigenvalue weighted by Gasteiger charge is 2.30. The van der Waals surface area contributed by atoms with Crippen LogP contribution in [0, 0.1) is 0 Å². The molecule has 0 fully saturated rings. The van der Waals surface area contributed by atoms with E-state index >= 15 is 0 Å². The highest BCUT2D eigenvalue weighted by atomic mass is 32.2. The van der Waals surface area contributed by atoms with E-state index in [1.54, 1.807) is 12.1 Å². The molecule has 0 aliphatic rings. The summed E-state index contributed by atoms with van der Waals surface area (Å²) in [5.41, 5.74) is 8.70. The lowest BCUT2D eigenvalue weighted by Crippen LogP contribution is -2.37. The monoisotopic (exact) mass is 408 g/mol. The third-order valence-corrected chi connectivity index (χ3v) is 6.47. The predicted molar refractivity (Wildman–Crippen MR) is 118 cm³/mol. The van der Waals surface area contributed by atoms with Crippen LogP contribution in [0.5, 0.6) is 0 Å². The summed E-state index contributed by atoms with van der Waals surface area (Å²) in [5, 5.41) is 0. The zero-order chi connectivity index (χ0) is 21.1. The zero-order valence-electron chi connectivity index (χ0n) is 17.0. The summed E-state index contributed by atoms with van der Waals surface area (Å²) >= 11 is 0. The molecule has 3 rings (SSSR count). The van der Waals surface area contributed by atoms with Crippen LogP contribution in [-0.4, -0.2) is 8.42 Å². The van der Waals surface area contributed by atoms with Crippen molar-refractivity contribution < 1.29 is 8.42 Å². The fraction of sp³-hybridized carbons (Fsp3) is 0.250. The molecule has 0 aliphatic carbocycles. The van der Waals surface area contributed by atoms with Gasteiger partial charge in [0, 0.05) is 0 Å². The van der Waals surface area contributed by atoms with E-state index in [1.807, 2.05) is 93.6 Å².